The number of pyridine rings is 1. The van der Waals surface area contributed by atoms with Crippen molar-refractivity contribution >= 4 is 51.2 Å². The van der Waals surface area contributed by atoms with Crippen LogP contribution in [-0.4, -0.2) is 52.6 Å². The molecule has 3 heterocycles. The normalized spacial score (nSPS) is 14.4. The summed E-state index contributed by atoms with van der Waals surface area (Å²) in [4.78, 5) is 32.7. The van der Waals surface area contributed by atoms with Gasteiger partial charge in [0, 0.05) is 54.9 Å². The van der Waals surface area contributed by atoms with Crippen LogP contribution in [0.5, 0.6) is 11.5 Å². The fourth-order valence-electron chi connectivity index (χ4n) is 5.36. The van der Waals surface area contributed by atoms with E-state index in [1.54, 1.807) is 64.2 Å². The Balaban J connectivity index is 1.26. The number of halogens is 1. The summed E-state index contributed by atoms with van der Waals surface area (Å²) in [7, 11) is 1.54. The van der Waals surface area contributed by atoms with Crippen LogP contribution in [0, 0.1) is 6.92 Å². The van der Waals surface area contributed by atoms with Crippen molar-refractivity contribution in [3.8, 4) is 11.5 Å². The first-order chi connectivity index (χ1) is 19.9. The zero-order chi connectivity index (χ0) is 28.7. The number of nitrogens with zero attached hydrogens (tertiary/aromatic N) is 3. The van der Waals surface area contributed by atoms with Crippen molar-refractivity contribution in [1.82, 2.24) is 9.38 Å². The number of nitrogens with one attached hydrogen (secondary N) is 1. The van der Waals surface area contributed by atoms with Crippen molar-refractivity contribution in [2.45, 2.75) is 12.8 Å². The third kappa shape index (κ3) is 4.83. The van der Waals surface area contributed by atoms with Gasteiger partial charge in [0.05, 0.1) is 11.4 Å². The number of carbonyl (C=O) groups excluding carboxylic acids is 2. The second-order valence-corrected chi connectivity index (χ2v) is 10.2. The number of aryl methyl sites for hydroxylation is 1. The number of ether oxygens (including phenoxy) is 2. The molecule has 208 valence electrons. The first-order valence-electron chi connectivity index (χ1n) is 13.0. The molecular weight excluding hydrogens is 544 g/mol. The van der Waals surface area contributed by atoms with Gasteiger partial charge >= 0.3 is 0 Å². The molecule has 1 aliphatic rings. The molecule has 2 amide bonds. The topological polar surface area (TPSA) is 105 Å². The number of aromatic nitrogens is 2. The Morgan fingerprint density at radius 3 is 2.68 bits per heavy atom. The van der Waals surface area contributed by atoms with E-state index in [2.05, 4.69) is 10.3 Å². The number of aromatic hydroxyl groups is 1. The number of phenolic OH excluding ortho intramolecular Hbond substituents is 1. The summed E-state index contributed by atoms with van der Waals surface area (Å²) >= 11 is 6.37. The van der Waals surface area contributed by atoms with Crippen molar-refractivity contribution in [2.24, 2.45) is 0 Å². The first-order valence-corrected chi connectivity index (χ1v) is 13.6. The molecule has 0 bridgehead atoms. The number of methoxy groups -OCH3 is 1. The van der Waals surface area contributed by atoms with Gasteiger partial charge in [-0.3, -0.25) is 9.59 Å². The number of phenols is 1. The molecule has 10 heteroatoms. The average Bonchev–Trinajstić information content (AvgIpc) is 3.57. The predicted molar refractivity (Wildman–Crippen MR) is 158 cm³/mol. The van der Waals surface area contributed by atoms with Crippen molar-refractivity contribution in [3.05, 3.63) is 95.4 Å². The lowest BCUT2D eigenvalue weighted by Crippen LogP contribution is -2.30. The SMILES string of the molecule is COCOc1ccc(C(=O)Nc2ccc3nc(C(=O)N4CC(CCl)c5c4cc(O)c4cccc(C)c54)cn3c2)cc1. The summed E-state index contributed by atoms with van der Waals surface area (Å²) < 4.78 is 11.9. The Morgan fingerprint density at radius 1 is 1.12 bits per heavy atom. The Bertz CT molecular complexity index is 1800. The molecule has 1 aliphatic heterocycles. The zero-order valence-corrected chi connectivity index (χ0v) is 23.2. The van der Waals surface area contributed by atoms with Crippen molar-refractivity contribution in [1.29, 1.82) is 0 Å². The molecule has 0 spiro atoms. The Kier molecular flexibility index (Phi) is 6.98. The van der Waals surface area contributed by atoms with Crippen LogP contribution >= 0.6 is 11.6 Å². The van der Waals surface area contributed by atoms with Crippen molar-refractivity contribution in [2.75, 3.05) is 36.5 Å². The van der Waals surface area contributed by atoms with Gasteiger partial charge in [-0.2, -0.15) is 0 Å². The van der Waals surface area contributed by atoms with Crippen LogP contribution in [0.1, 0.15) is 37.9 Å². The molecule has 0 saturated heterocycles. The van der Waals surface area contributed by atoms with E-state index >= 15 is 0 Å². The summed E-state index contributed by atoms with van der Waals surface area (Å²) in [5, 5.41) is 15.3. The second-order valence-electron chi connectivity index (χ2n) is 9.93. The van der Waals surface area contributed by atoms with Gasteiger partial charge in [0.25, 0.3) is 11.8 Å². The zero-order valence-electron chi connectivity index (χ0n) is 22.4. The maximum absolute atomic E-state index is 13.8. The molecule has 1 unspecified atom stereocenters. The molecule has 3 aromatic carbocycles. The largest absolute Gasteiger partial charge is 0.507 e. The van der Waals surface area contributed by atoms with Gasteiger partial charge in [0.1, 0.15) is 22.8 Å². The van der Waals surface area contributed by atoms with Gasteiger partial charge in [0.2, 0.25) is 0 Å². The molecule has 0 saturated carbocycles. The lowest BCUT2D eigenvalue weighted by Gasteiger charge is -2.17. The van der Waals surface area contributed by atoms with Gasteiger partial charge < -0.3 is 29.2 Å². The Hall–Kier alpha value is -4.60. The number of benzene rings is 3. The van der Waals surface area contributed by atoms with Crippen molar-refractivity contribution in [3.63, 3.8) is 0 Å². The molecule has 2 aromatic heterocycles. The number of imidazole rings is 1. The molecule has 2 N–H and O–H groups in total. The minimum absolute atomic E-state index is 0.0840. The van der Waals surface area contributed by atoms with Crippen LogP contribution in [0.3, 0.4) is 0 Å². The molecule has 9 nitrogen and oxygen atoms in total. The lowest BCUT2D eigenvalue weighted by atomic mass is 9.92. The Morgan fingerprint density at radius 2 is 1.93 bits per heavy atom. The number of hydrogen-bond acceptors (Lipinski definition) is 6. The number of carbonyl (C=O) groups is 2. The standard InChI is InChI=1S/C31H27ClN4O5/c1-18-4-3-5-23-26(37)12-25-29(28(18)23)20(13-32)14-36(25)31(39)24-16-35-15-21(8-11-27(35)34-24)33-30(38)19-6-9-22(10-7-19)41-17-40-2/h3-12,15-16,20,37H,13-14,17H2,1-2H3,(H,33,38). The smallest absolute Gasteiger partial charge is 0.278 e. The van der Waals surface area contributed by atoms with Crippen LogP contribution in [-0.2, 0) is 4.74 Å². The number of amides is 2. The Labute approximate surface area is 240 Å². The van der Waals surface area contributed by atoms with Crippen LogP contribution < -0.4 is 15.0 Å². The fourth-order valence-corrected chi connectivity index (χ4v) is 5.61. The van der Waals surface area contributed by atoms with E-state index in [-0.39, 0.29) is 36.0 Å². The number of fused-ring (bicyclic) bond motifs is 4. The van der Waals surface area contributed by atoms with E-state index in [9.17, 15) is 14.7 Å². The van der Waals surface area contributed by atoms with E-state index in [1.165, 1.54) is 7.11 Å². The van der Waals surface area contributed by atoms with E-state index in [0.717, 1.165) is 21.9 Å². The number of rotatable bonds is 7. The minimum Gasteiger partial charge on any atom is -0.507 e. The summed E-state index contributed by atoms with van der Waals surface area (Å²) in [5.74, 6) is 0.375. The third-order valence-corrected chi connectivity index (χ3v) is 7.66. The van der Waals surface area contributed by atoms with E-state index < -0.39 is 0 Å². The van der Waals surface area contributed by atoms with Gasteiger partial charge in [0.15, 0.2) is 6.79 Å². The highest BCUT2D eigenvalue weighted by Gasteiger charge is 2.36. The van der Waals surface area contributed by atoms with Crippen LogP contribution in [0.25, 0.3) is 16.4 Å². The van der Waals surface area contributed by atoms with Gasteiger partial charge in [-0.05, 0) is 59.8 Å². The van der Waals surface area contributed by atoms with Crippen LogP contribution in [0.4, 0.5) is 11.4 Å². The molecule has 1 atom stereocenters. The van der Waals surface area contributed by atoms with E-state index in [4.69, 9.17) is 21.1 Å². The molecule has 0 aliphatic carbocycles. The predicted octanol–water partition coefficient (Wildman–Crippen LogP) is 5.72. The maximum Gasteiger partial charge on any atom is 0.278 e. The molecule has 0 radical (unpaired) electrons. The quantitative estimate of drug-likeness (QED) is 0.191. The average molecular weight is 571 g/mol. The van der Waals surface area contributed by atoms with Crippen molar-refractivity contribution < 1.29 is 24.2 Å². The summed E-state index contributed by atoms with van der Waals surface area (Å²) in [5.41, 5.74) is 4.41. The molecule has 41 heavy (non-hydrogen) atoms. The summed E-state index contributed by atoms with van der Waals surface area (Å²) in [6, 6.07) is 17.6. The molecule has 5 aromatic rings. The highest BCUT2D eigenvalue weighted by Crippen LogP contribution is 2.46. The maximum atomic E-state index is 13.8. The second kappa shape index (κ2) is 10.8. The molecule has 6 rings (SSSR count). The highest BCUT2D eigenvalue weighted by molar-refractivity contribution is 6.19. The van der Waals surface area contributed by atoms with Gasteiger partial charge in [-0.15, -0.1) is 11.6 Å². The number of hydrogen-bond donors (Lipinski definition) is 2. The minimum atomic E-state index is -0.295. The molecule has 0 fully saturated rings. The highest BCUT2D eigenvalue weighted by atomic mass is 35.5. The third-order valence-electron chi connectivity index (χ3n) is 7.29. The van der Waals surface area contributed by atoms with Gasteiger partial charge in [-0.25, -0.2) is 4.98 Å². The lowest BCUT2D eigenvalue weighted by molar-refractivity contribution is 0.0511. The van der Waals surface area contributed by atoms with E-state index in [0.29, 0.717) is 40.8 Å². The number of alkyl halides is 1. The van der Waals surface area contributed by atoms with Crippen LogP contribution in [0.15, 0.2) is 73.1 Å². The summed E-state index contributed by atoms with van der Waals surface area (Å²) in [6.45, 7) is 2.50. The number of anilines is 2. The fraction of sp³-hybridized carbons (Fsp3) is 0.194. The monoisotopic (exact) mass is 570 g/mol. The first kappa shape index (κ1) is 26.6. The van der Waals surface area contributed by atoms with Crippen LogP contribution in [0.2, 0.25) is 0 Å². The summed E-state index contributed by atoms with van der Waals surface area (Å²) in [6.07, 6.45) is 3.34. The molecular formula is C31H27ClN4O5. The van der Waals surface area contributed by atoms with Gasteiger partial charge in [-0.1, -0.05) is 18.2 Å². The van der Waals surface area contributed by atoms with E-state index in [1.807, 2.05) is 25.1 Å².